The van der Waals surface area contributed by atoms with E-state index in [2.05, 4.69) is 12.2 Å². The van der Waals surface area contributed by atoms with Gasteiger partial charge in [0.15, 0.2) is 11.6 Å². The van der Waals surface area contributed by atoms with E-state index in [1.54, 1.807) is 6.07 Å². The van der Waals surface area contributed by atoms with Gasteiger partial charge in [0.2, 0.25) is 5.82 Å². The van der Waals surface area contributed by atoms with E-state index in [4.69, 9.17) is 4.74 Å². The van der Waals surface area contributed by atoms with Crippen LogP contribution >= 0.6 is 0 Å². The first-order valence-corrected chi connectivity index (χ1v) is 6.82. The molecule has 0 amide bonds. The first-order chi connectivity index (χ1) is 9.17. The SMILES string of the molecule is C/C=C\C1CCC(c2ccc(OC)c(F)c2F)CC1. The lowest BCUT2D eigenvalue weighted by molar-refractivity contribution is 0.349. The summed E-state index contributed by atoms with van der Waals surface area (Å²) in [5.41, 5.74) is 0.497. The Balaban J connectivity index is 2.14. The van der Waals surface area contributed by atoms with Gasteiger partial charge in [-0.3, -0.25) is 0 Å². The fraction of sp³-hybridized carbons (Fsp3) is 0.500. The van der Waals surface area contributed by atoms with Crippen LogP contribution in [0.5, 0.6) is 5.75 Å². The van der Waals surface area contributed by atoms with Crippen LogP contribution in [-0.4, -0.2) is 7.11 Å². The van der Waals surface area contributed by atoms with Crippen molar-refractivity contribution in [2.45, 2.75) is 38.5 Å². The Labute approximate surface area is 113 Å². The molecule has 0 heterocycles. The van der Waals surface area contributed by atoms with Crippen LogP contribution in [0.2, 0.25) is 0 Å². The van der Waals surface area contributed by atoms with E-state index >= 15 is 0 Å². The highest BCUT2D eigenvalue weighted by atomic mass is 19.2. The second-order valence-corrected chi connectivity index (χ2v) is 5.12. The summed E-state index contributed by atoms with van der Waals surface area (Å²) in [6.45, 7) is 2.02. The molecule has 2 rings (SSSR count). The lowest BCUT2D eigenvalue weighted by atomic mass is 9.78. The zero-order valence-corrected chi connectivity index (χ0v) is 11.5. The molecule has 19 heavy (non-hydrogen) atoms. The Morgan fingerprint density at radius 1 is 1.11 bits per heavy atom. The molecule has 104 valence electrons. The third-order valence-corrected chi connectivity index (χ3v) is 3.97. The Hall–Kier alpha value is -1.38. The molecule has 0 bridgehead atoms. The zero-order chi connectivity index (χ0) is 13.8. The monoisotopic (exact) mass is 266 g/mol. The van der Waals surface area contributed by atoms with E-state index in [1.807, 2.05) is 6.92 Å². The van der Waals surface area contributed by atoms with Gasteiger partial charge in [-0.2, -0.15) is 4.39 Å². The molecule has 1 nitrogen and oxygen atoms in total. The Morgan fingerprint density at radius 3 is 2.37 bits per heavy atom. The van der Waals surface area contributed by atoms with Crippen LogP contribution < -0.4 is 4.74 Å². The number of allylic oxidation sites excluding steroid dienone is 2. The van der Waals surface area contributed by atoms with Gasteiger partial charge in [-0.15, -0.1) is 0 Å². The van der Waals surface area contributed by atoms with E-state index in [9.17, 15) is 8.78 Å². The van der Waals surface area contributed by atoms with Gasteiger partial charge in [-0.05, 0) is 56.1 Å². The third-order valence-electron chi connectivity index (χ3n) is 3.97. The maximum Gasteiger partial charge on any atom is 0.200 e. The molecule has 0 radical (unpaired) electrons. The van der Waals surface area contributed by atoms with E-state index < -0.39 is 11.6 Å². The van der Waals surface area contributed by atoms with Crippen molar-refractivity contribution in [1.82, 2.24) is 0 Å². The lowest BCUT2D eigenvalue weighted by Crippen LogP contribution is -2.13. The minimum Gasteiger partial charge on any atom is -0.494 e. The van der Waals surface area contributed by atoms with Crippen LogP contribution in [0.25, 0.3) is 0 Å². The summed E-state index contributed by atoms with van der Waals surface area (Å²) < 4.78 is 32.5. The van der Waals surface area contributed by atoms with Crippen LogP contribution in [0, 0.1) is 17.6 Å². The molecule has 1 aromatic carbocycles. The summed E-state index contributed by atoms with van der Waals surface area (Å²) in [6, 6.07) is 3.18. The highest BCUT2D eigenvalue weighted by Gasteiger charge is 2.25. The van der Waals surface area contributed by atoms with E-state index in [0.717, 1.165) is 25.7 Å². The summed E-state index contributed by atoms with van der Waals surface area (Å²) in [6.07, 6.45) is 8.19. The van der Waals surface area contributed by atoms with Gasteiger partial charge in [-0.1, -0.05) is 18.2 Å². The smallest absolute Gasteiger partial charge is 0.200 e. The minimum atomic E-state index is -0.865. The average molecular weight is 266 g/mol. The standard InChI is InChI=1S/C16H20F2O/c1-3-4-11-5-7-12(8-6-11)13-9-10-14(19-2)16(18)15(13)17/h3-4,9-12H,5-8H2,1-2H3/b4-3-. The van der Waals surface area contributed by atoms with Crippen LogP contribution in [0.15, 0.2) is 24.3 Å². The van der Waals surface area contributed by atoms with E-state index in [0.29, 0.717) is 11.5 Å². The molecule has 0 spiro atoms. The van der Waals surface area contributed by atoms with Crippen molar-refractivity contribution in [1.29, 1.82) is 0 Å². The van der Waals surface area contributed by atoms with E-state index in [1.165, 1.54) is 13.2 Å². The van der Waals surface area contributed by atoms with Gasteiger partial charge < -0.3 is 4.74 Å². The highest BCUT2D eigenvalue weighted by Crippen LogP contribution is 2.38. The van der Waals surface area contributed by atoms with Crippen LogP contribution in [0.1, 0.15) is 44.1 Å². The number of ether oxygens (including phenoxy) is 1. The van der Waals surface area contributed by atoms with Crippen molar-refractivity contribution in [3.05, 3.63) is 41.5 Å². The van der Waals surface area contributed by atoms with Crippen molar-refractivity contribution in [2.24, 2.45) is 5.92 Å². The van der Waals surface area contributed by atoms with Gasteiger partial charge in [0.05, 0.1) is 7.11 Å². The minimum absolute atomic E-state index is 0.0242. The maximum absolute atomic E-state index is 14.0. The number of rotatable bonds is 3. The molecular weight excluding hydrogens is 246 g/mol. The average Bonchev–Trinajstić information content (AvgIpc) is 2.43. The first kappa shape index (κ1) is 14.0. The molecular formula is C16H20F2O. The normalized spacial score (nSPS) is 23.8. The van der Waals surface area contributed by atoms with Gasteiger partial charge in [0.1, 0.15) is 0 Å². The van der Waals surface area contributed by atoms with Gasteiger partial charge in [0, 0.05) is 0 Å². The van der Waals surface area contributed by atoms with E-state index in [-0.39, 0.29) is 11.7 Å². The molecule has 0 aliphatic heterocycles. The highest BCUT2D eigenvalue weighted by molar-refractivity contribution is 5.33. The predicted molar refractivity (Wildman–Crippen MR) is 72.4 cm³/mol. The second kappa shape index (κ2) is 6.18. The number of hydrogen-bond donors (Lipinski definition) is 0. The summed E-state index contributed by atoms with van der Waals surface area (Å²) in [4.78, 5) is 0. The van der Waals surface area contributed by atoms with Crippen LogP contribution in [0.3, 0.4) is 0 Å². The molecule has 0 N–H and O–H groups in total. The molecule has 1 aromatic rings. The Bertz CT molecular complexity index is 460. The summed E-state index contributed by atoms with van der Waals surface area (Å²) in [5, 5.41) is 0. The number of hydrogen-bond acceptors (Lipinski definition) is 1. The largest absolute Gasteiger partial charge is 0.494 e. The maximum atomic E-state index is 14.0. The van der Waals surface area contributed by atoms with Gasteiger partial charge in [0.25, 0.3) is 0 Å². The van der Waals surface area contributed by atoms with Crippen LogP contribution in [0.4, 0.5) is 8.78 Å². The van der Waals surface area contributed by atoms with Crippen molar-refractivity contribution >= 4 is 0 Å². The lowest BCUT2D eigenvalue weighted by Gasteiger charge is -2.27. The second-order valence-electron chi connectivity index (χ2n) is 5.12. The fourth-order valence-corrected chi connectivity index (χ4v) is 2.91. The molecule has 0 aromatic heterocycles. The van der Waals surface area contributed by atoms with Crippen molar-refractivity contribution in [3.8, 4) is 5.75 Å². The molecule has 1 fully saturated rings. The van der Waals surface area contributed by atoms with Crippen molar-refractivity contribution in [2.75, 3.05) is 7.11 Å². The topological polar surface area (TPSA) is 9.23 Å². The van der Waals surface area contributed by atoms with Crippen LogP contribution in [-0.2, 0) is 0 Å². The molecule has 0 saturated heterocycles. The first-order valence-electron chi connectivity index (χ1n) is 6.82. The van der Waals surface area contributed by atoms with Gasteiger partial charge in [-0.25, -0.2) is 4.39 Å². The molecule has 1 aliphatic rings. The van der Waals surface area contributed by atoms with Gasteiger partial charge >= 0.3 is 0 Å². The molecule has 1 saturated carbocycles. The molecule has 0 atom stereocenters. The number of methoxy groups -OCH3 is 1. The summed E-state index contributed by atoms with van der Waals surface area (Å²) >= 11 is 0. The summed E-state index contributed by atoms with van der Waals surface area (Å²) in [5.74, 6) is -0.914. The van der Waals surface area contributed by atoms with Crippen molar-refractivity contribution < 1.29 is 13.5 Å². The number of benzene rings is 1. The summed E-state index contributed by atoms with van der Waals surface area (Å²) in [7, 11) is 1.35. The quantitative estimate of drug-likeness (QED) is 0.712. The fourth-order valence-electron chi connectivity index (χ4n) is 2.91. The third kappa shape index (κ3) is 2.96. The zero-order valence-electron chi connectivity index (χ0n) is 11.5. The predicted octanol–water partition coefficient (Wildman–Crippen LogP) is 4.82. The van der Waals surface area contributed by atoms with Crippen molar-refractivity contribution in [3.63, 3.8) is 0 Å². The molecule has 3 heteroatoms. The molecule has 0 unspecified atom stereocenters. The molecule has 1 aliphatic carbocycles. The Morgan fingerprint density at radius 2 is 1.79 bits per heavy atom. The number of halogens is 2. The Kier molecular flexibility index (Phi) is 4.56.